The fourth-order valence-corrected chi connectivity index (χ4v) is 4.23. The first-order chi connectivity index (χ1) is 18.7. The van der Waals surface area contributed by atoms with Crippen LogP contribution in [0.1, 0.15) is 45.7 Å². The summed E-state index contributed by atoms with van der Waals surface area (Å²) in [5, 5.41) is 8.99. The number of imidazole rings is 1. The molecule has 0 bridgehead atoms. The second kappa shape index (κ2) is 10.6. The molecule has 0 saturated carbocycles. The molecule has 1 aliphatic heterocycles. The van der Waals surface area contributed by atoms with Gasteiger partial charge in [0.15, 0.2) is 0 Å². The SMILES string of the molecule is Cc1cn(-c2cc(NC(=O)c3ccc(C)c(Nc4nccc(C5=CNCCC5)n4)c3)cc(C(F)(F)F)c2)cn1. The van der Waals surface area contributed by atoms with Crippen LogP contribution in [-0.2, 0) is 6.18 Å². The third kappa shape index (κ3) is 6.08. The normalized spacial score (nSPS) is 13.4. The van der Waals surface area contributed by atoms with Gasteiger partial charge >= 0.3 is 6.18 Å². The van der Waals surface area contributed by atoms with Crippen molar-refractivity contribution in [1.29, 1.82) is 0 Å². The lowest BCUT2D eigenvalue weighted by atomic mass is 10.1. The number of nitrogens with one attached hydrogen (secondary N) is 3. The number of carbonyl (C=O) groups is 1. The maximum atomic E-state index is 13.6. The average Bonchev–Trinajstić information content (AvgIpc) is 3.36. The summed E-state index contributed by atoms with van der Waals surface area (Å²) in [7, 11) is 0. The number of rotatable bonds is 6. The molecule has 1 aliphatic rings. The van der Waals surface area contributed by atoms with Gasteiger partial charge < -0.3 is 20.5 Å². The fourth-order valence-electron chi connectivity index (χ4n) is 4.23. The van der Waals surface area contributed by atoms with Crippen LogP contribution in [0.25, 0.3) is 11.3 Å². The van der Waals surface area contributed by atoms with Crippen molar-refractivity contribution in [2.75, 3.05) is 17.2 Å². The standard InChI is InChI=1S/C28H26F3N7O/c1-17-5-6-19(10-25(17)37-27-33-9-7-24(36-27)20-4-3-8-32-14-20)26(39)35-22-11-21(28(29,30)31)12-23(13-22)38-15-18(2)34-16-38/h5-7,9-16,32H,3-4,8H2,1-2H3,(H,35,39)(H,33,36,37). The van der Waals surface area contributed by atoms with Crippen molar-refractivity contribution in [3.8, 4) is 5.69 Å². The highest BCUT2D eigenvalue weighted by Crippen LogP contribution is 2.33. The summed E-state index contributed by atoms with van der Waals surface area (Å²) in [5.41, 5.74) is 3.61. The van der Waals surface area contributed by atoms with E-state index >= 15 is 0 Å². The molecule has 0 aliphatic carbocycles. The Bertz CT molecular complexity index is 1560. The summed E-state index contributed by atoms with van der Waals surface area (Å²) in [5.74, 6) is -0.184. The molecule has 0 spiro atoms. The molecule has 0 saturated heterocycles. The molecule has 11 heteroatoms. The first-order valence-electron chi connectivity index (χ1n) is 12.3. The summed E-state index contributed by atoms with van der Waals surface area (Å²) in [4.78, 5) is 26.1. The van der Waals surface area contributed by atoms with Gasteiger partial charge in [-0.2, -0.15) is 13.2 Å². The molecule has 2 aromatic heterocycles. The number of aromatic nitrogens is 4. The number of hydrogen-bond acceptors (Lipinski definition) is 6. The molecule has 4 aromatic rings. The zero-order valence-corrected chi connectivity index (χ0v) is 21.3. The van der Waals surface area contributed by atoms with Crippen molar-refractivity contribution < 1.29 is 18.0 Å². The Morgan fingerprint density at radius 2 is 1.92 bits per heavy atom. The smallest absolute Gasteiger partial charge is 0.391 e. The van der Waals surface area contributed by atoms with Gasteiger partial charge in [0.1, 0.15) is 0 Å². The Morgan fingerprint density at radius 1 is 1.08 bits per heavy atom. The van der Waals surface area contributed by atoms with Gasteiger partial charge in [-0.25, -0.2) is 15.0 Å². The van der Waals surface area contributed by atoms with Crippen LogP contribution in [0.5, 0.6) is 0 Å². The van der Waals surface area contributed by atoms with Crippen LogP contribution in [0.2, 0.25) is 0 Å². The summed E-state index contributed by atoms with van der Waals surface area (Å²) in [6.07, 6.45) is 3.99. The number of hydrogen-bond donors (Lipinski definition) is 3. The van der Waals surface area contributed by atoms with Crippen LogP contribution in [0, 0.1) is 13.8 Å². The van der Waals surface area contributed by atoms with Crippen LogP contribution in [0.4, 0.5) is 30.5 Å². The van der Waals surface area contributed by atoms with Crippen molar-refractivity contribution >= 4 is 28.8 Å². The maximum absolute atomic E-state index is 13.6. The van der Waals surface area contributed by atoms with Gasteiger partial charge in [0.25, 0.3) is 5.91 Å². The van der Waals surface area contributed by atoms with E-state index in [1.165, 1.54) is 17.0 Å². The van der Waals surface area contributed by atoms with Crippen LogP contribution in [0.3, 0.4) is 0 Å². The molecule has 0 atom stereocenters. The third-order valence-corrected chi connectivity index (χ3v) is 6.29. The van der Waals surface area contributed by atoms with Crippen molar-refractivity contribution in [2.45, 2.75) is 32.9 Å². The molecular formula is C28H26F3N7O. The summed E-state index contributed by atoms with van der Waals surface area (Å²) in [6.45, 7) is 4.54. The second-order valence-corrected chi connectivity index (χ2v) is 9.29. The van der Waals surface area contributed by atoms with Crippen molar-refractivity contribution in [1.82, 2.24) is 24.8 Å². The Labute approximate surface area is 223 Å². The highest BCUT2D eigenvalue weighted by atomic mass is 19.4. The zero-order valence-electron chi connectivity index (χ0n) is 21.3. The molecule has 0 fully saturated rings. The van der Waals surface area contributed by atoms with E-state index in [4.69, 9.17) is 0 Å². The van der Waals surface area contributed by atoms with Gasteiger partial charge in [0, 0.05) is 47.8 Å². The average molecular weight is 534 g/mol. The second-order valence-electron chi connectivity index (χ2n) is 9.29. The van der Waals surface area contributed by atoms with E-state index in [1.807, 2.05) is 19.2 Å². The third-order valence-electron chi connectivity index (χ3n) is 6.29. The van der Waals surface area contributed by atoms with E-state index in [9.17, 15) is 18.0 Å². The predicted octanol–water partition coefficient (Wildman–Crippen LogP) is 6.02. The molecule has 200 valence electrons. The summed E-state index contributed by atoms with van der Waals surface area (Å²) >= 11 is 0. The number of nitrogens with zero attached hydrogens (tertiary/aromatic N) is 4. The van der Waals surface area contributed by atoms with Crippen molar-refractivity contribution in [2.24, 2.45) is 0 Å². The molecule has 5 rings (SSSR count). The topological polar surface area (TPSA) is 96.8 Å². The molecule has 0 unspecified atom stereocenters. The van der Waals surface area contributed by atoms with Gasteiger partial charge in [-0.1, -0.05) is 6.07 Å². The highest BCUT2D eigenvalue weighted by molar-refractivity contribution is 6.05. The number of benzene rings is 2. The van der Waals surface area contributed by atoms with E-state index < -0.39 is 17.6 Å². The summed E-state index contributed by atoms with van der Waals surface area (Å²) < 4.78 is 42.3. The van der Waals surface area contributed by atoms with Crippen LogP contribution >= 0.6 is 0 Å². The van der Waals surface area contributed by atoms with Crippen molar-refractivity contribution in [3.63, 3.8) is 0 Å². The zero-order chi connectivity index (χ0) is 27.6. The molecule has 3 N–H and O–H groups in total. The van der Waals surface area contributed by atoms with Crippen LogP contribution in [0.15, 0.2) is 67.4 Å². The Balaban J connectivity index is 1.39. The lowest BCUT2D eigenvalue weighted by molar-refractivity contribution is -0.137. The number of amides is 1. The number of aryl methyl sites for hydroxylation is 2. The van der Waals surface area contributed by atoms with Crippen LogP contribution < -0.4 is 16.0 Å². The number of anilines is 3. The largest absolute Gasteiger partial charge is 0.416 e. The molecule has 1 amide bonds. The van der Waals surface area contributed by atoms with E-state index in [2.05, 4.69) is 30.9 Å². The maximum Gasteiger partial charge on any atom is 0.416 e. The monoisotopic (exact) mass is 533 g/mol. The van der Waals surface area contributed by atoms with Gasteiger partial charge in [-0.15, -0.1) is 0 Å². The lowest BCUT2D eigenvalue weighted by Gasteiger charge is -2.15. The first kappa shape index (κ1) is 26.0. The molecule has 3 heterocycles. The molecule has 8 nitrogen and oxygen atoms in total. The Morgan fingerprint density at radius 3 is 2.64 bits per heavy atom. The quantitative estimate of drug-likeness (QED) is 0.281. The van der Waals surface area contributed by atoms with E-state index in [0.717, 1.165) is 48.3 Å². The minimum atomic E-state index is -4.59. The lowest BCUT2D eigenvalue weighted by Crippen LogP contribution is -2.15. The molecule has 39 heavy (non-hydrogen) atoms. The van der Waals surface area contributed by atoms with Gasteiger partial charge in [0.2, 0.25) is 5.95 Å². The summed E-state index contributed by atoms with van der Waals surface area (Å²) in [6, 6.07) is 10.2. The van der Waals surface area contributed by atoms with Crippen LogP contribution in [-0.4, -0.2) is 32.0 Å². The highest BCUT2D eigenvalue weighted by Gasteiger charge is 2.31. The van der Waals surface area contributed by atoms with Gasteiger partial charge in [-0.3, -0.25) is 4.79 Å². The van der Waals surface area contributed by atoms with Crippen molar-refractivity contribution in [3.05, 3.63) is 95.5 Å². The number of halogens is 3. The van der Waals surface area contributed by atoms with Gasteiger partial charge in [0.05, 0.1) is 23.3 Å². The fraction of sp³-hybridized carbons (Fsp3) is 0.214. The molecule has 2 aromatic carbocycles. The number of allylic oxidation sites excluding steroid dienone is 1. The minimum Gasteiger partial charge on any atom is -0.391 e. The first-order valence-corrected chi connectivity index (χ1v) is 12.3. The Kier molecular flexibility index (Phi) is 7.05. The number of carbonyl (C=O) groups excluding carboxylic acids is 1. The van der Waals surface area contributed by atoms with E-state index in [-0.39, 0.29) is 16.9 Å². The van der Waals surface area contributed by atoms with E-state index in [0.29, 0.717) is 17.3 Å². The molecule has 0 radical (unpaired) electrons. The molecular weight excluding hydrogens is 507 g/mol. The predicted molar refractivity (Wildman–Crippen MR) is 143 cm³/mol. The minimum absolute atomic E-state index is 0.0108. The Hall–Kier alpha value is -4.67. The van der Waals surface area contributed by atoms with E-state index in [1.54, 1.807) is 37.5 Å². The van der Waals surface area contributed by atoms with Gasteiger partial charge in [-0.05, 0) is 74.2 Å². The number of alkyl halides is 3.